The number of hydrogen-bond donors (Lipinski definition) is 2. The SMILES string of the molecule is O=C(c1ccc2ccccc2c1O)N(CCO)CC(F)F. The number of phenols is 1. The highest BCUT2D eigenvalue weighted by molar-refractivity contribution is 6.03. The molecule has 0 aliphatic carbocycles. The molecule has 0 saturated carbocycles. The van der Waals surface area contributed by atoms with Gasteiger partial charge in [-0.2, -0.15) is 0 Å². The number of aliphatic hydroxyl groups is 1. The van der Waals surface area contributed by atoms with Crippen LogP contribution in [0.2, 0.25) is 0 Å². The Labute approximate surface area is 120 Å². The monoisotopic (exact) mass is 295 g/mol. The third-order valence-electron chi connectivity index (χ3n) is 3.15. The molecule has 0 unspecified atom stereocenters. The van der Waals surface area contributed by atoms with Crippen molar-refractivity contribution in [2.24, 2.45) is 0 Å². The number of rotatable bonds is 5. The smallest absolute Gasteiger partial charge is 0.257 e. The standard InChI is InChI=1S/C15H15F2NO3/c16-13(17)9-18(7-8-19)15(21)12-6-5-10-3-1-2-4-11(10)14(12)20/h1-6,13,19-20H,7-9H2. The van der Waals surface area contributed by atoms with Crippen molar-refractivity contribution in [3.63, 3.8) is 0 Å². The Morgan fingerprint density at radius 3 is 2.57 bits per heavy atom. The molecule has 0 fully saturated rings. The maximum atomic E-state index is 12.5. The summed E-state index contributed by atoms with van der Waals surface area (Å²) in [5, 5.41) is 20.3. The lowest BCUT2D eigenvalue weighted by molar-refractivity contribution is 0.0507. The fraction of sp³-hybridized carbons (Fsp3) is 0.267. The van der Waals surface area contributed by atoms with Crippen LogP contribution in [0, 0.1) is 0 Å². The molecular weight excluding hydrogens is 280 g/mol. The third kappa shape index (κ3) is 3.28. The van der Waals surface area contributed by atoms with Gasteiger partial charge in [-0.25, -0.2) is 8.78 Å². The second-order valence-electron chi connectivity index (χ2n) is 4.55. The Morgan fingerprint density at radius 1 is 1.19 bits per heavy atom. The lowest BCUT2D eigenvalue weighted by atomic mass is 10.0. The van der Waals surface area contributed by atoms with E-state index in [1.807, 2.05) is 0 Å². The number of aromatic hydroxyl groups is 1. The zero-order valence-corrected chi connectivity index (χ0v) is 11.2. The summed E-state index contributed by atoms with van der Waals surface area (Å²) in [6.45, 7) is -1.42. The van der Waals surface area contributed by atoms with E-state index < -0.39 is 25.5 Å². The molecule has 6 heteroatoms. The Bertz CT molecular complexity index is 646. The zero-order chi connectivity index (χ0) is 15.4. The molecular formula is C15H15F2NO3. The van der Waals surface area contributed by atoms with Crippen molar-refractivity contribution < 1.29 is 23.8 Å². The predicted octanol–water partition coefficient (Wildman–Crippen LogP) is 2.25. The minimum atomic E-state index is -2.71. The highest BCUT2D eigenvalue weighted by atomic mass is 19.3. The molecule has 0 saturated heterocycles. The molecule has 0 radical (unpaired) electrons. The van der Waals surface area contributed by atoms with E-state index >= 15 is 0 Å². The highest BCUT2D eigenvalue weighted by Gasteiger charge is 2.22. The second-order valence-corrected chi connectivity index (χ2v) is 4.55. The van der Waals surface area contributed by atoms with Gasteiger partial charge in [0.05, 0.1) is 18.7 Å². The number of amides is 1. The molecule has 0 atom stereocenters. The normalized spacial score (nSPS) is 11.0. The van der Waals surface area contributed by atoms with Gasteiger partial charge in [0.15, 0.2) is 0 Å². The van der Waals surface area contributed by atoms with Crippen LogP contribution in [0.1, 0.15) is 10.4 Å². The van der Waals surface area contributed by atoms with E-state index in [1.54, 1.807) is 30.3 Å². The Kier molecular flexibility index (Phi) is 4.70. The number of hydrogen-bond acceptors (Lipinski definition) is 3. The summed E-state index contributed by atoms with van der Waals surface area (Å²) in [4.78, 5) is 13.1. The molecule has 112 valence electrons. The van der Waals surface area contributed by atoms with Gasteiger partial charge in [0.25, 0.3) is 12.3 Å². The lowest BCUT2D eigenvalue weighted by Crippen LogP contribution is -2.37. The first-order valence-corrected chi connectivity index (χ1v) is 6.43. The van der Waals surface area contributed by atoms with E-state index in [-0.39, 0.29) is 17.9 Å². The summed E-state index contributed by atoms with van der Waals surface area (Å²) < 4.78 is 25.0. The molecule has 0 bridgehead atoms. The molecule has 0 spiro atoms. The van der Waals surface area contributed by atoms with Crippen LogP contribution in [0.25, 0.3) is 10.8 Å². The summed E-state index contributed by atoms with van der Waals surface area (Å²) in [5.74, 6) is -0.970. The Hall–Kier alpha value is -2.21. The van der Waals surface area contributed by atoms with E-state index in [2.05, 4.69) is 0 Å². The number of carbonyl (C=O) groups is 1. The van der Waals surface area contributed by atoms with Crippen LogP contribution in [0.5, 0.6) is 5.75 Å². The van der Waals surface area contributed by atoms with Gasteiger partial charge in [0.2, 0.25) is 0 Å². The topological polar surface area (TPSA) is 60.8 Å². The summed E-state index contributed by atoms with van der Waals surface area (Å²) in [6.07, 6.45) is -2.71. The molecule has 21 heavy (non-hydrogen) atoms. The molecule has 2 aromatic rings. The fourth-order valence-corrected chi connectivity index (χ4v) is 2.16. The van der Waals surface area contributed by atoms with Crippen molar-refractivity contribution in [3.05, 3.63) is 42.0 Å². The van der Waals surface area contributed by atoms with Crippen LogP contribution in [0.4, 0.5) is 8.78 Å². The van der Waals surface area contributed by atoms with E-state index in [4.69, 9.17) is 5.11 Å². The Morgan fingerprint density at radius 2 is 1.90 bits per heavy atom. The summed E-state index contributed by atoms with van der Waals surface area (Å²) in [6, 6.07) is 9.95. The summed E-state index contributed by atoms with van der Waals surface area (Å²) in [7, 11) is 0. The highest BCUT2D eigenvalue weighted by Crippen LogP contribution is 2.29. The van der Waals surface area contributed by atoms with Gasteiger partial charge in [0.1, 0.15) is 5.75 Å². The van der Waals surface area contributed by atoms with E-state index in [0.717, 1.165) is 10.3 Å². The van der Waals surface area contributed by atoms with Gasteiger partial charge < -0.3 is 15.1 Å². The predicted molar refractivity (Wildman–Crippen MR) is 74.6 cm³/mol. The van der Waals surface area contributed by atoms with Crippen molar-refractivity contribution >= 4 is 16.7 Å². The van der Waals surface area contributed by atoms with Crippen LogP contribution in [0.3, 0.4) is 0 Å². The molecule has 0 aliphatic heterocycles. The third-order valence-corrected chi connectivity index (χ3v) is 3.15. The first-order chi connectivity index (χ1) is 10.0. The van der Waals surface area contributed by atoms with Gasteiger partial charge in [-0.15, -0.1) is 0 Å². The van der Waals surface area contributed by atoms with Crippen LogP contribution < -0.4 is 0 Å². The molecule has 2 N–H and O–H groups in total. The van der Waals surface area contributed by atoms with Crippen LogP contribution in [-0.2, 0) is 0 Å². The first-order valence-electron chi connectivity index (χ1n) is 6.43. The maximum Gasteiger partial charge on any atom is 0.257 e. The fourth-order valence-electron chi connectivity index (χ4n) is 2.16. The maximum absolute atomic E-state index is 12.5. The van der Waals surface area contributed by atoms with E-state index in [9.17, 15) is 18.7 Å². The summed E-state index contributed by atoms with van der Waals surface area (Å²) in [5.41, 5.74) is -0.0530. The average molecular weight is 295 g/mol. The second kappa shape index (κ2) is 6.49. The minimum absolute atomic E-state index is 0.0530. The van der Waals surface area contributed by atoms with Crippen molar-refractivity contribution in [2.45, 2.75) is 6.43 Å². The number of aliphatic hydroxyl groups excluding tert-OH is 1. The number of halogens is 2. The summed E-state index contributed by atoms with van der Waals surface area (Å²) >= 11 is 0. The molecule has 2 aromatic carbocycles. The minimum Gasteiger partial charge on any atom is -0.506 e. The van der Waals surface area contributed by atoms with Crippen molar-refractivity contribution in [1.29, 1.82) is 0 Å². The van der Waals surface area contributed by atoms with E-state index in [0.29, 0.717) is 5.39 Å². The Balaban J connectivity index is 2.39. The lowest BCUT2D eigenvalue weighted by Gasteiger charge is -2.22. The number of alkyl halides is 2. The largest absolute Gasteiger partial charge is 0.506 e. The van der Waals surface area contributed by atoms with Gasteiger partial charge in [-0.1, -0.05) is 30.3 Å². The zero-order valence-electron chi connectivity index (χ0n) is 11.2. The van der Waals surface area contributed by atoms with Crippen molar-refractivity contribution in [2.75, 3.05) is 19.7 Å². The van der Waals surface area contributed by atoms with Gasteiger partial charge in [0, 0.05) is 11.9 Å². The molecule has 0 aliphatic rings. The van der Waals surface area contributed by atoms with Crippen molar-refractivity contribution in [1.82, 2.24) is 4.90 Å². The van der Waals surface area contributed by atoms with E-state index in [1.165, 1.54) is 6.07 Å². The number of nitrogens with zero attached hydrogens (tertiary/aromatic N) is 1. The molecule has 0 heterocycles. The average Bonchev–Trinajstić information content (AvgIpc) is 2.46. The molecule has 4 nitrogen and oxygen atoms in total. The van der Waals surface area contributed by atoms with Gasteiger partial charge in [-0.3, -0.25) is 4.79 Å². The number of phenolic OH excluding ortho intramolecular Hbond substituents is 1. The van der Waals surface area contributed by atoms with Crippen molar-refractivity contribution in [3.8, 4) is 5.75 Å². The van der Waals surface area contributed by atoms with Crippen LogP contribution >= 0.6 is 0 Å². The van der Waals surface area contributed by atoms with Crippen LogP contribution in [0.15, 0.2) is 36.4 Å². The number of benzene rings is 2. The molecule has 1 amide bonds. The van der Waals surface area contributed by atoms with Crippen LogP contribution in [-0.4, -0.2) is 47.1 Å². The number of fused-ring (bicyclic) bond motifs is 1. The van der Waals surface area contributed by atoms with Gasteiger partial charge >= 0.3 is 0 Å². The quantitative estimate of drug-likeness (QED) is 0.889. The van der Waals surface area contributed by atoms with Gasteiger partial charge in [-0.05, 0) is 11.5 Å². The molecule has 0 aromatic heterocycles. The number of carbonyl (C=O) groups excluding carboxylic acids is 1. The molecule has 2 rings (SSSR count). The first kappa shape index (κ1) is 15.2.